The Balaban J connectivity index is 2.50. The number of aromatic carboxylic acids is 1. The van der Waals surface area contributed by atoms with Gasteiger partial charge >= 0.3 is 5.97 Å². The molecule has 1 saturated heterocycles. The summed E-state index contributed by atoms with van der Waals surface area (Å²) >= 11 is 0. The van der Waals surface area contributed by atoms with E-state index in [2.05, 4.69) is 4.72 Å². The fraction of sp³-hybridized carbons (Fsp3) is 0.462. The number of hydrogen-bond acceptors (Lipinski definition) is 5. The Morgan fingerprint density at radius 2 is 2.05 bits per heavy atom. The lowest BCUT2D eigenvalue weighted by Crippen LogP contribution is -2.37. The molecule has 21 heavy (non-hydrogen) atoms. The molecule has 8 heteroatoms. The van der Waals surface area contributed by atoms with Crippen molar-refractivity contribution in [3.63, 3.8) is 0 Å². The summed E-state index contributed by atoms with van der Waals surface area (Å²) in [5, 5.41) is 9.06. The van der Waals surface area contributed by atoms with Crippen LogP contribution in [0.2, 0.25) is 0 Å². The van der Waals surface area contributed by atoms with Crippen molar-refractivity contribution in [3.8, 4) is 0 Å². The van der Waals surface area contributed by atoms with Crippen LogP contribution in [0, 0.1) is 0 Å². The van der Waals surface area contributed by atoms with E-state index >= 15 is 0 Å². The predicted octanol–water partition coefficient (Wildman–Crippen LogP) is 0.520. The summed E-state index contributed by atoms with van der Waals surface area (Å²) in [5.74, 6) is -1.16. The SMILES string of the molecule is CCNS(=O)(=O)c1cc(C(=O)O)ccc1N1CCOCC1. The van der Waals surface area contributed by atoms with Gasteiger partial charge in [0, 0.05) is 19.6 Å². The van der Waals surface area contributed by atoms with E-state index in [1.54, 1.807) is 13.0 Å². The van der Waals surface area contributed by atoms with Crippen LogP contribution in [0.4, 0.5) is 5.69 Å². The average molecular weight is 314 g/mol. The van der Waals surface area contributed by atoms with Gasteiger partial charge in [0.05, 0.1) is 24.5 Å². The van der Waals surface area contributed by atoms with Gasteiger partial charge in [0.15, 0.2) is 0 Å². The highest BCUT2D eigenvalue weighted by molar-refractivity contribution is 7.89. The number of ether oxygens (including phenoxy) is 1. The lowest BCUT2D eigenvalue weighted by molar-refractivity contribution is 0.0696. The highest BCUT2D eigenvalue weighted by atomic mass is 32.2. The summed E-state index contributed by atoms with van der Waals surface area (Å²) in [6.45, 7) is 4.08. The van der Waals surface area contributed by atoms with Crippen LogP contribution < -0.4 is 9.62 Å². The Morgan fingerprint density at radius 1 is 1.38 bits per heavy atom. The number of rotatable bonds is 5. The summed E-state index contributed by atoms with van der Waals surface area (Å²) < 4.78 is 32.3. The van der Waals surface area contributed by atoms with Gasteiger partial charge in [-0.2, -0.15) is 0 Å². The number of carboxylic acids is 1. The molecular weight excluding hydrogens is 296 g/mol. The second-order valence-corrected chi connectivity index (χ2v) is 6.32. The van der Waals surface area contributed by atoms with Crippen molar-refractivity contribution in [1.82, 2.24) is 4.72 Å². The van der Waals surface area contributed by atoms with Crippen LogP contribution >= 0.6 is 0 Å². The Morgan fingerprint density at radius 3 is 2.62 bits per heavy atom. The Hall–Kier alpha value is -1.64. The van der Waals surface area contributed by atoms with Gasteiger partial charge in [0.1, 0.15) is 4.90 Å². The Kier molecular flexibility index (Phi) is 4.81. The first-order chi connectivity index (χ1) is 9.95. The Labute approximate surface area is 123 Å². The number of sulfonamides is 1. The number of anilines is 1. The second-order valence-electron chi connectivity index (χ2n) is 4.59. The smallest absolute Gasteiger partial charge is 0.335 e. The molecular formula is C13H18N2O5S. The normalized spacial score (nSPS) is 16.0. The van der Waals surface area contributed by atoms with Gasteiger partial charge in [-0.3, -0.25) is 0 Å². The maximum atomic E-state index is 12.3. The summed E-state index contributed by atoms with van der Waals surface area (Å²) in [6, 6.07) is 4.15. The first-order valence-electron chi connectivity index (χ1n) is 6.65. The zero-order valence-corrected chi connectivity index (χ0v) is 12.5. The maximum absolute atomic E-state index is 12.3. The second kappa shape index (κ2) is 6.42. The number of carbonyl (C=O) groups is 1. The maximum Gasteiger partial charge on any atom is 0.335 e. The van der Waals surface area contributed by atoms with Crippen LogP contribution in [-0.2, 0) is 14.8 Å². The van der Waals surface area contributed by atoms with E-state index in [0.717, 1.165) is 0 Å². The van der Waals surface area contributed by atoms with Crippen molar-refractivity contribution in [1.29, 1.82) is 0 Å². The number of nitrogens with zero attached hydrogens (tertiary/aromatic N) is 1. The fourth-order valence-corrected chi connectivity index (χ4v) is 3.49. The molecule has 0 atom stereocenters. The number of hydrogen-bond donors (Lipinski definition) is 2. The number of benzene rings is 1. The highest BCUT2D eigenvalue weighted by Crippen LogP contribution is 2.27. The molecule has 2 rings (SSSR count). The van der Waals surface area contributed by atoms with Crippen LogP contribution in [0.3, 0.4) is 0 Å². The van der Waals surface area contributed by atoms with Gasteiger partial charge in [-0.25, -0.2) is 17.9 Å². The van der Waals surface area contributed by atoms with E-state index in [9.17, 15) is 13.2 Å². The molecule has 0 saturated carbocycles. The third-order valence-electron chi connectivity index (χ3n) is 3.18. The molecule has 1 aromatic carbocycles. The van der Waals surface area contributed by atoms with Crippen molar-refractivity contribution in [2.45, 2.75) is 11.8 Å². The molecule has 0 spiro atoms. The topological polar surface area (TPSA) is 95.9 Å². The lowest BCUT2D eigenvalue weighted by atomic mass is 10.2. The quantitative estimate of drug-likeness (QED) is 0.822. The molecule has 1 aromatic rings. The molecule has 1 fully saturated rings. The van der Waals surface area contributed by atoms with Crippen molar-refractivity contribution >= 4 is 21.7 Å². The third kappa shape index (κ3) is 3.52. The fourth-order valence-electron chi connectivity index (χ4n) is 2.20. The van der Waals surface area contributed by atoms with Gasteiger partial charge in [0.2, 0.25) is 10.0 Å². The van der Waals surface area contributed by atoms with Crippen molar-refractivity contribution in [2.24, 2.45) is 0 Å². The zero-order valence-electron chi connectivity index (χ0n) is 11.7. The van der Waals surface area contributed by atoms with E-state index in [-0.39, 0.29) is 17.0 Å². The summed E-state index contributed by atoms with van der Waals surface area (Å²) in [5.41, 5.74) is 0.452. The van der Waals surface area contributed by atoms with Crippen molar-refractivity contribution < 1.29 is 23.1 Å². The summed E-state index contributed by atoms with van der Waals surface area (Å²) in [6.07, 6.45) is 0. The highest BCUT2D eigenvalue weighted by Gasteiger charge is 2.24. The molecule has 0 amide bonds. The van der Waals surface area contributed by atoms with Crippen molar-refractivity contribution in [2.75, 3.05) is 37.7 Å². The Bertz CT molecular complexity index is 623. The van der Waals surface area contributed by atoms with E-state index < -0.39 is 16.0 Å². The standard InChI is InChI=1S/C13H18N2O5S/c1-2-14-21(18,19)12-9-10(13(16)17)3-4-11(12)15-5-7-20-8-6-15/h3-4,9,14H,2,5-8H2,1H3,(H,16,17). The average Bonchev–Trinajstić information content (AvgIpc) is 2.47. The van der Waals surface area contributed by atoms with Gasteiger partial charge in [-0.05, 0) is 18.2 Å². The monoisotopic (exact) mass is 314 g/mol. The van der Waals surface area contributed by atoms with E-state index in [1.165, 1.54) is 12.1 Å². The number of nitrogens with one attached hydrogen (secondary N) is 1. The van der Waals surface area contributed by atoms with Gasteiger partial charge < -0.3 is 14.7 Å². The molecule has 0 radical (unpaired) electrons. The molecule has 0 bridgehead atoms. The van der Waals surface area contributed by atoms with E-state index in [0.29, 0.717) is 32.0 Å². The van der Waals surface area contributed by atoms with Crippen LogP contribution in [0.5, 0.6) is 0 Å². The molecule has 116 valence electrons. The van der Waals surface area contributed by atoms with Gasteiger partial charge in [-0.15, -0.1) is 0 Å². The predicted molar refractivity (Wildman–Crippen MR) is 77.3 cm³/mol. The first-order valence-corrected chi connectivity index (χ1v) is 8.13. The zero-order chi connectivity index (χ0) is 15.5. The number of carboxylic acid groups (broad SMARTS) is 1. The molecule has 2 N–H and O–H groups in total. The molecule has 0 aromatic heterocycles. The molecule has 0 aliphatic carbocycles. The lowest BCUT2D eigenvalue weighted by Gasteiger charge is -2.30. The molecule has 7 nitrogen and oxygen atoms in total. The first kappa shape index (κ1) is 15.7. The van der Waals surface area contributed by atoms with Crippen LogP contribution in [0.25, 0.3) is 0 Å². The largest absolute Gasteiger partial charge is 0.478 e. The molecule has 0 unspecified atom stereocenters. The molecule has 1 heterocycles. The molecule has 1 aliphatic rings. The minimum absolute atomic E-state index is 0.00819. The van der Waals surface area contributed by atoms with Crippen molar-refractivity contribution in [3.05, 3.63) is 23.8 Å². The summed E-state index contributed by atoms with van der Waals surface area (Å²) in [4.78, 5) is 13.0. The van der Waals surface area contributed by atoms with Crippen LogP contribution in [-0.4, -0.2) is 52.3 Å². The summed E-state index contributed by atoms with van der Waals surface area (Å²) in [7, 11) is -3.74. The van der Waals surface area contributed by atoms with Crippen LogP contribution in [0.1, 0.15) is 17.3 Å². The minimum Gasteiger partial charge on any atom is -0.478 e. The van der Waals surface area contributed by atoms with Gasteiger partial charge in [-0.1, -0.05) is 6.92 Å². The third-order valence-corrected chi connectivity index (χ3v) is 4.76. The van der Waals surface area contributed by atoms with Gasteiger partial charge in [0.25, 0.3) is 0 Å². The van der Waals surface area contributed by atoms with E-state index in [4.69, 9.17) is 9.84 Å². The molecule has 1 aliphatic heterocycles. The minimum atomic E-state index is -3.74. The van der Waals surface area contributed by atoms with Crippen LogP contribution in [0.15, 0.2) is 23.1 Å². The number of morpholine rings is 1. The van der Waals surface area contributed by atoms with E-state index in [1.807, 2.05) is 4.90 Å².